The molecule has 2 aromatic rings. The third kappa shape index (κ3) is 2.71. The molecular weight excluding hydrogens is 304 g/mol. The van der Waals surface area contributed by atoms with Gasteiger partial charge in [0.1, 0.15) is 0 Å². The zero-order valence-electron chi connectivity index (χ0n) is 13.6. The average Bonchev–Trinajstić information content (AvgIpc) is 2.87. The molecule has 2 aromatic carbocycles. The fourth-order valence-corrected chi connectivity index (χ4v) is 3.04. The van der Waals surface area contributed by atoms with Gasteiger partial charge in [0, 0.05) is 17.6 Å². The van der Waals surface area contributed by atoms with Gasteiger partial charge in [-0.15, -0.1) is 0 Å². The molecular formula is C20H18O4. The van der Waals surface area contributed by atoms with Crippen LogP contribution in [0.2, 0.25) is 0 Å². The van der Waals surface area contributed by atoms with Crippen LogP contribution in [0.15, 0.2) is 66.2 Å². The van der Waals surface area contributed by atoms with Gasteiger partial charge >= 0.3 is 11.9 Å². The summed E-state index contributed by atoms with van der Waals surface area (Å²) in [7, 11) is 1.29. The third-order valence-electron chi connectivity index (χ3n) is 4.18. The van der Waals surface area contributed by atoms with Gasteiger partial charge in [0.15, 0.2) is 0 Å². The molecule has 0 aliphatic carbocycles. The summed E-state index contributed by atoms with van der Waals surface area (Å²) < 4.78 is 10.4. The molecule has 1 atom stereocenters. The van der Waals surface area contributed by atoms with Crippen LogP contribution in [0.1, 0.15) is 18.1 Å². The van der Waals surface area contributed by atoms with Gasteiger partial charge < -0.3 is 9.47 Å². The first-order valence-corrected chi connectivity index (χ1v) is 7.71. The SMILES string of the molecule is COC(=O)C1(C)OC(=O)C(Cc2ccccc2)=C1c1ccccc1. The quantitative estimate of drug-likeness (QED) is 0.811. The average molecular weight is 322 g/mol. The second-order valence-corrected chi connectivity index (χ2v) is 5.80. The van der Waals surface area contributed by atoms with E-state index in [0.717, 1.165) is 11.1 Å². The molecule has 3 rings (SSSR count). The van der Waals surface area contributed by atoms with Crippen molar-refractivity contribution in [1.82, 2.24) is 0 Å². The Morgan fingerprint density at radius 3 is 2.21 bits per heavy atom. The van der Waals surface area contributed by atoms with Crippen molar-refractivity contribution in [3.63, 3.8) is 0 Å². The highest BCUT2D eigenvalue weighted by Gasteiger charge is 2.51. The standard InChI is InChI=1S/C20H18O4/c1-20(19(22)23-2)17(15-11-7-4-8-12-15)16(18(21)24-20)13-14-9-5-3-6-10-14/h3-12H,13H2,1-2H3. The number of esters is 2. The molecule has 1 aliphatic rings. The van der Waals surface area contributed by atoms with Crippen molar-refractivity contribution in [2.24, 2.45) is 0 Å². The molecule has 0 N–H and O–H groups in total. The van der Waals surface area contributed by atoms with E-state index in [4.69, 9.17) is 9.47 Å². The minimum Gasteiger partial charge on any atom is -0.466 e. The van der Waals surface area contributed by atoms with Crippen molar-refractivity contribution in [3.05, 3.63) is 77.4 Å². The van der Waals surface area contributed by atoms with Gasteiger partial charge in [-0.2, -0.15) is 0 Å². The van der Waals surface area contributed by atoms with E-state index >= 15 is 0 Å². The second kappa shape index (κ2) is 6.32. The lowest BCUT2D eigenvalue weighted by Gasteiger charge is -2.23. The lowest BCUT2D eigenvalue weighted by atomic mass is 9.86. The molecule has 0 radical (unpaired) electrons. The molecule has 0 saturated carbocycles. The summed E-state index contributed by atoms with van der Waals surface area (Å²) in [5, 5.41) is 0. The van der Waals surface area contributed by atoms with E-state index in [0.29, 0.717) is 17.6 Å². The molecule has 1 aliphatic heterocycles. The molecule has 4 nitrogen and oxygen atoms in total. The Kier molecular flexibility index (Phi) is 4.21. The van der Waals surface area contributed by atoms with E-state index in [1.54, 1.807) is 6.92 Å². The Bertz CT molecular complexity index is 793. The Hall–Kier alpha value is -2.88. The van der Waals surface area contributed by atoms with Crippen LogP contribution < -0.4 is 0 Å². The van der Waals surface area contributed by atoms with Crippen LogP contribution in [0.5, 0.6) is 0 Å². The van der Waals surface area contributed by atoms with Crippen molar-refractivity contribution in [3.8, 4) is 0 Å². The molecule has 0 amide bonds. The monoisotopic (exact) mass is 322 g/mol. The summed E-state index contributed by atoms with van der Waals surface area (Å²) in [5.74, 6) is -1.07. The van der Waals surface area contributed by atoms with E-state index in [1.807, 2.05) is 60.7 Å². The van der Waals surface area contributed by atoms with Crippen LogP contribution in [-0.2, 0) is 25.5 Å². The molecule has 0 spiro atoms. The van der Waals surface area contributed by atoms with Crippen molar-refractivity contribution >= 4 is 17.5 Å². The highest BCUT2D eigenvalue weighted by molar-refractivity contribution is 6.12. The number of rotatable bonds is 4. The number of methoxy groups -OCH3 is 1. The highest BCUT2D eigenvalue weighted by Crippen LogP contribution is 2.41. The second-order valence-electron chi connectivity index (χ2n) is 5.80. The first kappa shape index (κ1) is 16.0. The highest BCUT2D eigenvalue weighted by atomic mass is 16.6. The number of benzene rings is 2. The Labute approximate surface area is 140 Å². The van der Waals surface area contributed by atoms with Crippen LogP contribution in [-0.4, -0.2) is 24.6 Å². The minimum atomic E-state index is -1.43. The van der Waals surface area contributed by atoms with Crippen LogP contribution in [0.25, 0.3) is 5.57 Å². The predicted octanol–water partition coefficient (Wildman–Crippen LogP) is 3.17. The fraction of sp³-hybridized carbons (Fsp3) is 0.200. The summed E-state index contributed by atoms with van der Waals surface area (Å²) in [6.45, 7) is 1.58. The molecule has 0 aromatic heterocycles. The summed E-state index contributed by atoms with van der Waals surface area (Å²) in [4.78, 5) is 24.8. The summed E-state index contributed by atoms with van der Waals surface area (Å²) in [6.07, 6.45) is 0.399. The van der Waals surface area contributed by atoms with Crippen molar-refractivity contribution in [2.75, 3.05) is 7.11 Å². The fourth-order valence-electron chi connectivity index (χ4n) is 3.04. The smallest absolute Gasteiger partial charge is 0.354 e. The van der Waals surface area contributed by atoms with Crippen molar-refractivity contribution in [1.29, 1.82) is 0 Å². The van der Waals surface area contributed by atoms with E-state index in [1.165, 1.54) is 7.11 Å². The summed E-state index contributed by atoms with van der Waals surface area (Å²) >= 11 is 0. The number of carbonyl (C=O) groups is 2. The van der Waals surface area contributed by atoms with E-state index in [9.17, 15) is 9.59 Å². The first-order chi connectivity index (χ1) is 11.6. The Morgan fingerprint density at radius 2 is 1.62 bits per heavy atom. The van der Waals surface area contributed by atoms with Crippen LogP contribution >= 0.6 is 0 Å². The normalized spacial score (nSPS) is 20.0. The van der Waals surface area contributed by atoms with Crippen LogP contribution in [0.4, 0.5) is 0 Å². The number of cyclic esters (lactones) is 1. The van der Waals surface area contributed by atoms with Crippen molar-refractivity contribution in [2.45, 2.75) is 18.9 Å². The van der Waals surface area contributed by atoms with Gasteiger partial charge in [-0.05, 0) is 18.1 Å². The Balaban J connectivity index is 2.16. The number of hydrogen-bond acceptors (Lipinski definition) is 4. The van der Waals surface area contributed by atoms with Gasteiger partial charge in [-0.3, -0.25) is 0 Å². The zero-order valence-corrected chi connectivity index (χ0v) is 13.6. The van der Waals surface area contributed by atoms with E-state index < -0.39 is 17.5 Å². The minimum absolute atomic E-state index is 0.399. The molecule has 0 bridgehead atoms. The van der Waals surface area contributed by atoms with E-state index in [-0.39, 0.29) is 0 Å². The predicted molar refractivity (Wildman–Crippen MR) is 90.0 cm³/mol. The number of carbonyl (C=O) groups excluding carboxylic acids is 2. The largest absolute Gasteiger partial charge is 0.466 e. The lowest BCUT2D eigenvalue weighted by molar-refractivity contribution is -0.166. The molecule has 1 unspecified atom stereocenters. The maximum absolute atomic E-state index is 12.5. The topological polar surface area (TPSA) is 52.6 Å². The number of ether oxygens (including phenoxy) is 2. The molecule has 4 heteroatoms. The zero-order chi connectivity index (χ0) is 17.2. The molecule has 0 saturated heterocycles. The van der Waals surface area contributed by atoms with Crippen LogP contribution in [0.3, 0.4) is 0 Å². The first-order valence-electron chi connectivity index (χ1n) is 7.71. The van der Waals surface area contributed by atoms with Gasteiger partial charge in [-0.1, -0.05) is 60.7 Å². The van der Waals surface area contributed by atoms with Crippen molar-refractivity contribution < 1.29 is 19.1 Å². The summed E-state index contributed by atoms with van der Waals surface area (Å²) in [6, 6.07) is 19.0. The van der Waals surface area contributed by atoms with Gasteiger partial charge in [0.2, 0.25) is 5.60 Å². The molecule has 122 valence electrons. The molecule has 24 heavy (non-hydrogen) atoms. The van der Waals surface area contributed by atoms with E-state index in [2.05, 4.69) is 0 Å². The lowest BCUT2D eigenvalue weighted by Crippen LogP contribution is -2.38. The maximum Gasteiger partial charge on any atom is 0.354 e. The van der Waals surface area contributed by atoms with Gasteiger partial charge in [0.05, 0.1) is 7.11 Å². The van der Waals surface area contributed by atoms with Gasteiger partial charge in [0.25, 0.3) is 0 Å². The van der Waals surface area contributed by atoms with Gasteiger partial charge in [-0.25, -0.2) is 9.59 Å². The third-order valence-corrected chi connectivity index (χ3v) is 4.18. The molecule has 1 heterocycles. The maximum atomic E-state index is 12.5. The number of hydrogen-bond donors (Lipinski definition) is 0. The molecule has 0 fully saturated rings. The summed E-state index contributed by atoms with van der Waals surface area (Å²) in [5.41, 5.74) is 1.38. The Morgan fingerprint density at radius 1 is 1.04 bits per heavy atom. The van der Waals surface area contributed by atoms with Crippen LogP contribution in [0, 0.1) is 0 Å².